The molecule has 0 bridgehead atoms. The van der Waals surface area contributed by atoms with Crippen LogP contribution in [0.5, 0.6) is 0 Å². The van der Waals surface area contributed by atoms with Crippen LogP contribution in [0.25, 0.3) is 0 Å². The minimum Gasteiger partial charge on any atom is -0.468 e. The molecule has 0 aliphatic rings. The highest BCUT2D eigenvalue weighted by Crippen LogP contribution is 2.20. The zero-order valence-electron chi connectivity index (χ0n) is 9.83. The van der Waals surface area contributed by atoms with E-state index >= 15 is 0 Å². The van der Waals surface area contributed by atoms with E-state index < -0.39 is 24.6 Å². The molecule has 1 rings (SSSR count). The number of halogens is 3. The van der Waals surface area contributed by atoms with Crippen molar-refractivity contribution in [2.24, 2.45) is 0 Å². The number of esters is 1. The second-order valence-corrected chi connectivity index (χ2v) is 3.69. The molecule has 0 saturated heterocycles. The molecule has 100 valence electrons. The van der Waals surface area contributed by atoms with Crippen LogP contribution in [0.15, 0.2) is 30.3 Å². The third-order valence-electron chi connectivity index (χ3n) is 2.33. The molecule has 0 aliphatic carbocycles. The van der Waals surface area contributed by atoms with Crippen molar-refractivity contribution in [2.45, 2.75) is 18.6 Å². The topological polar surface area (TPSA) is 38.3 Å². The van der Waals surface area contributed by atoms with Crippen LogP contribution in [0.4, 0.5) is 13.2 Å². The summed E-state index contributed by atoms with van der Waals surface area (Å²) in [5.41, 5.74) is 0.575. The van der Waals surface area contributed by atoms with Crippen molar-refractivity contribution in [3.05, 3.63) is 35.9 Å². The molecular formula is C12H14F3NO2. The summed E-state index contributed by atoms with van der Waals surface area (Å²) in [4.78, 5) is 11.5. The Kier molecular flexibility index (Phi) is 5.15. The van der Waals surface area contributed by atoms with Crippen molar-refractivity contribution in [3.8, 4) is 0 Å². The molecule has 0 fully saturated rings. The van der Waals surface area contributed by atoms with Crippen LogP contribution in [0.3, 0.4) is 0 Å². The molecule has 0 saturated carbocycles. The highest BCUT2D eigenvalue weighted by atomic mass is 19.4. The number of rotatable bonds is 5. The quantitative estimate of drug-likeness (QED) is 0.827. The van der Waals surface area contributed by atoms with Crippen molar-refractivity contribution in [1.29, 1.82) is 0 Å². The van der Waals surface area contributed by atoms with E-state index in [0.29, 0.717) is 5.56 Å². The van der Waals surface area contributed by atoms with Gasteiger partial charge in [-0.2, -0.15) is 13.2 Å². The molecule has 0 aromatic heterocycles. The van der Waals surface area contributed by atoms with E-state index in [1.807, 2.05) is 0 Å². The number of ether oxygens (including phenoxy) is 1. The average Bonchev–Trinajstić information content (AvgIpc) is 2.33. The van der Waals surface area contributed by atoms with Gasteiger partial charge in [0.1, 0.15) is 6.04 Å². The average molecular weight is 261 g/mol. The lowest BCUT2D eigenvalue weighted by atomic mass is 10.1. The first-order valence-electron chi connectivity index (χ1n) is 5.37. The Morgan fingerprint density at radius 3 is 2.44 bits per heavy atom. The Balaban J connectivity index is 2.66. The van der Waals surface area contributed by atoms with E-state index in [-0.39, 0.29) is 6.54 Å². The summed E-state index contributed by atoms with van der Waals surface area (Å²) in [5, 5.41) is 2.55. The maximum atomic E-state index is 12.0. The van der Waals surface area contributed by atoms with Gasteiger partial charge in [0.2, 0.25) is 0 Å². The van der Waals surface area contributed by atoms with E-state index in [9.17, 15) is 18.0 Å². The molecular weight excluding hydrogens is 247 g/mol. The fourth-order valence-corrected chi connectivity index (χ4v) is 1.46. The Labute approximate surface area is 103 Å². The van der Waals surface area contributed by atoms with Crippen molar-refractivity contribution in [3.63, 3.8) is 0 Å². The zero-order valence-corrected chi connectivity index (χ0v) is 9.83. The van der Waals surface area contributed by atoms with Crippen molar-refractivity contribution < 1.29 is 22.7 Å². The molecule has 18 heavy (non-hydrogen) atoms. The van der Waals surface area contributed by atoms with E-state index in [2.05, 4.69) is 10.1 Å². The fraction of sp³-hybridized carbons (Fsp3) is 0.417. The smallest absolute Gasteiger partial charge is 0.390 e. The van der Waals surface area contributed by atoms with Gasteiger partial charge < -0.3 is 10.1 Å². The summed E-state index contributed by atoms with van der Waals surface area (Å²) in [6, 6.07) is 7.60. The standard InChI is InChI=1S/C12H14F3NO2/c1-18-11(17)10(9-5-3-2-4-6-9)16-8-7-12(13,14)15/h2-6,10,16H,7-8H2,1H3. The van der Waals surface area contributed by atoms with Gasteiger partial charge in [0.15, 0.2) is 0 Å². The number of methoxy groups -OCH3 is 1. The lowest BCUT2D eigenvalue weighted by Gasteiger charge is -2.17. The minimum absolute atomic E-state index is 0.335. The predicted molar refractivity (Wildman–Crippen MR) is 59.9 cm³/mol. The monoisotopic (exact) mass is 261 g/mol. The normalized spacial score (nSPS) is 13.1. The molecule has 1 aromatic carbocycles. The van der Waals surface area contributed by atoms with Gasteiger partial charge in [0, 0.05) is 6.54 Å². The number of hydrogen-bond acceptors (Lipinski definition) is 3. The Morgan fingerprint density at radius 2 is 1.94 bits per heavy atom. The first-order valence-corrected chi connectivity index (χ1v) is 5.37. The first kappa shape index (κ1) is 14.5. The molecule has 3 nitrogen and oxygen atoms in total. The van der Waals surface area contributed by atoms with Crippen LogP contribution in [0.1, 0.15) is 18.0 Å². The number of carbonyl (C=O) groups excluding carboxylic acids is 1. The maximum absolute atomic E-state index is 12.0. The van der Waals surface area contributed by atoms with Crippen LogP contribution in [-0.4, -0.2) is 25.8 Å². The number of alkyl halides is 3. The molecule has 0 spiro atoms. The predicted octanol–water partition coefficient (Wildman–Crippen LogP) is 2.44. The number of nitrogens with one attached hydrogen (secondary N) is 1. The van der Waals surface area contributed by atoms with E-state index in [1.165, 1.54) is 7.11 Å². The van der Waals surface area contributed by atoms with Gasteiger partial charge >= 0.3 is 12.1 Å². The van der Waals surface area contributed by atoms with Gasteiger partial charge in [0.25, 0.3) is 0 Å². The second kappa shape index (κ2) is 6.39. The summed E-state index contributed by atoms with van der Waals surface area (Å²) in [7, 11) is 1.20. The van der Waals surface area contributed by atoms with Gasteiger partial charge in [-0.25, -0.2) is 4.79 Å². The highest BCUT2D eigenvalue weighted by molar-refractivity contribution is 5.77. The summed E-state index contributed by atoms with van der Waals surface area (Å²) < 4.78 is 40.7. The molecule has 0 heterocycles. The van der Waals surface area contributed by atoms with E-state index in [4.69, 9.17) is 0 Å². The molecule has 6 heteroatoms. The molecule has 0 aliphatic heterocycles. The summed E-state index contributed by atoms with van der Waals surface area (Å²) in [6.45, 7) is -0.335. The molecule has 1 N–H and O–H groups in total. The van der Waals surface area contributed by atoms with Gasteiger partial charge in [-0.15, -0.1) is 0 Å². The Morgan fingerprint density at radius 1 is 1.33 bits per heavy atom. The van der Waals surface area contributed by atoms with Crippen LogP contribution < -0.4 is 5.32 Å². The van der Waals surface area contributed by atoms with Crippen molar-refractivity contribution in [2.75, 3.05) is 13.7 Å². The van der Waals surface area contributed by atoms with Crippen molar-refractivity contribution >= 4 is 5.97 Å². The number of hydrogen-bond donors (Lipinski definition) is 1. The van der Waals surface area contributed by atoms with E-state index in [1.54, 1.807) is 30.3 Å². The molecule has 1 atom stereocenters. The Bertz CT molecular complexity index is 379. The largest absolute Gasteiger partial charge is 0.468 e. The summed E-state index contributed by atoms with van der Waals surface area (Å²) in [6.07, 6.45) is -5.24. The molecule has 1 unspecified atom stereocenters. The van der Waals surface area contributed by atoms with E-state index in [0.717, 1.165) is 0 Å². The number of carbonyl (C=O) groups is 1. The highest BCUT2D eigenvalue weighted by Gasteiger charge is 2.28. The Hall–Kier alpha value is -1.56. The molecule has 0 radical (unpaired) electrons. The molecule has 0 amide bonds. The second-order valence-electron chi connectivity index (χ2n) is 3.69. The van der Waals surface area contributed by atoms with Crippen LogP contribution in [0.2, 0.25) is 0 Å². The zero-order chi connectivity index (χ0) is 13.6. The third kappa shape index (κ3) is 4.75. The van der Waals surface area contributed by atoms with Crippen LogP contribution in [-0.2, 0) is 9.53 Å². The fourth-order valence-electron chi connectivity index (χ4n) is 1.46. The lowest BCUT2D eigenvalue weighted by Crippen LogP contribution is -2.32. The molecule has 1 aromatic rings. The van der Waals surface area contributed by atoms with Gasteiger partial charge in [0.05, 0.1) is 13.5 Å². The lowest BCUT2D eigenvalue weighted by molar-refractivity contribution is -0.145. The summed E-state index contributed by atoms with van der Waals surface area (Å²) in [5.74, 6) is -0.608. The number of benzene rings is 1. The van der Waals surface area contributed by atoms with Crippen molar-refractivity contribution in [1.82, 2.24) is 5.32 Å². The van der Waals surface area contributed by atoms with Gasteiger partial charge in [-0.05, 0) is 5.56 Å². The maximum Gasteiger partial charge on any atom is 0.390 e. The van der Waals surface area contributed by atoms with Crippen LogP contribution in [0, 0.1) is 0 Å². The summed E-state index contributed by atoms with van der Waals surface area (Å²) >= 11 is 0. The van der Waals surface area contributed by atoms with Crippen LogP contribution >= 0.6 is 0 Å². The SMILES string of the molecule is COC(=O)C(NCCC(F)(F)F)c1ccccc1. The van der Waals surface area contributed by atoms with Gasteiger partial charge in [-0.3, -0.25) is 0 Å². The third-order valence-corrected chi connectivity index (χ3v) is 2.33. The minimum atomic E-state index is -4.25. The van der Waals surface area contributed by atoms with Gasteiger partial charge in [-0.1, -0.05) is 30.3 Å². The first-order chi connectivity index (χ1) is 8.44.